The van der Waals surface area contributed by atoms with Crippen LogP contribution < -0.4 is 4.72 Å². The summed E-state index contributed by atoms with van der Waals surface area (Å²) < 4.78 is 48.0. The van der Waals surface area contributed by atoms with E-state index in [1.54, 1.807) is 0 Å². The first-order chi connectivity index (χ1) is 8.14. The van der Waals surface area contributed by atoms with Gasteiger partial charge in [0, 0.05) is 12.3 Å². The van der Waals surface area contributed by atoms with Crippen molar-refractivity contribution in [2.24, 2.45) is 0 Å². The Bertz CT molecular complexity index is 667. The molecule has 0 saturated carbocycles. The van der Waals surface area contributed by atoms with Crippen LogP contribution in [0.2, 0.25) is 0 Å². The minimum absolute atomic E-state index is 0.000555. The molecule has 100 valence electrons. The Morgan fingerprint density at radius 1 is 1.39 bits per heavy atom. The molecule has 18 heavy (non-hydrogen) atoms. The molecule has 0 spiro atoms. The van der Waals surface area contributed by atoms with E-state index < -0.39 is 25.9 Å². The molecule has 1 aromatic heterocycles. The molecule has 0 aliphatic carbocycles. The first-order valence-electron chi connectivity index (χ1n) is 4.84. The van der Waals surface area contributed by atoms with Gasteiger partial charge in [-0.15, -0.1) is 11.3 Å². The van der Waals surface area contributed by atoms with Crippen LogP contribution >= 0.6 is 11.3 Å². The molecule has 0 amide bonds. The van der Waals surface area contributed by atoms with Crippen LogP contribution in [0.3, 0.4) is 0 Å². The highest BCUT2D eigenvalue weighted by molar-refractivity contribution is 7.92. The Hall–Kier alpha value is -0.950. The van der Waals surface area contributed by atoms with Crippen LogP contribution in [-0.2, 0) is 19.9 Å². The van der Waals surface area contributed by atoms with Gasteiger partial charge in [-0.05, 0) is 19.1 Å². The summed E-state index contributed by atoms with van der Waals surface area (Å²) in [5, 5.41) is 8.62. The molecule has 1 N–H and O–H groups in total. The lowest BCUT2D eigenvalue weighted by Gasteiger charge is -2.11. The third-order valence-electron chi connectivity index (χ3n) is 1.87. The Labute approximate surface area is 110 Å². The van der Waals surface area contributed by atoms with Crippen molar-refractivity contribution in [1.82, 2.24) is 4.72 Å². The number of nitriles is 1. The highest BCUT2D eigenvalue weighted by Crippen LogP contribution is 2.20. The van der Waals surface area contributed by atoms with Gasteiger partial charge in [-0.25, -0.2) is 21.6 Å². The number of thiophene rings is 1. The maximum atomic E-state index is 11.9. The van der Waals surface area contributed by atoms with Crippen LogP contribution in [0.5, 0.6) is 0 Å². The van der Waals surface area contributed by atoms with Crippen molar-refractivity contribution in [2.75, 3.05) is 12.0 Å². The summed E-state index contributed by atoms with van der Waals surface area (Å²) in [5.41, 5.74) is 0. The molecule has 1 rings (SSSR count). The topological polar surface area (TPSA) is 104 Å². The van der Waals surface area contributed by atoms with E-state index in [4.69, 9.17) is 5.26 Å². The second kappa shape index (κ2) is 5.36. The van der Waals surface area contributed by atoms with E-state index in [-0.39, 0.29) is 14.8 Å². The summed E-state index contributed by atoms with van der Waals surface area (Å²) in [6, 6.07) is 3.84. The SMILES string of the molecule is CC(CS(C)(=O)=O)NS(=O)(=O)c1ccc(C#N)s1. The summed E-state index contributed by atoms with van der Waals surface area (Å²) in [7, 11) is -7.02. The van der Waals surface area contributed by atoms with Crippen LogP contribution in [0.1, 0.15) is 11.8 Å². The molecule has 1 unspecified atom stereocenters. The lowest BCUT2D eigenvalue weighted by Crippen LogP contribution is -2.36. The van der Waals surface area contributed by atoms with Gasteiger partial charge in [-0.3, -0.25) is 0 Å². The summed E-state index contributed by atoms with van der Waals surface area (Å²) in [4.78, 5) is 0.283. The van der Waals surface area contributed by atoms with Crippen molar-refractivity contribution >= 4 is 31.2 Å². The molecule has 1 heterocycles. The van der Waals surface area contributed by atoms with Gasteiger partial charge >= 0.3 is 0 Å². The van der Waals surface area contributed by atoms with Crippen molar-refractivity contribution in [1.29, 1.82) is 5.26 Å². The van der Waals surface area contributed by atoms with Crippen LogP contribution in [-0.4, -0.2) is 34.9 Å². The van der Waals surface area contributed by atoms with Gasteiger partial charge in [0.05, 0.1) is 5.75 Å². The quantitative estimate of drug-likeness (QED) is 0.844. The zero-order valence-electron chi connectivity index (χ0n) is 9.74. The molecule has 0 saturated heterocycles. The third-order valence-corrected chi connectivity index (χ3v) is 6.04. The fourth-order valence-corrected chi connectivity index (χ4v) is 4.80. The van der Waals surface area contributed by atoms with Crippen molar-refractivity contribution in [3.63, 3.8) is 0 Å². The third kappa shape index (κ3) is 4.38. The lowest BCUT2D eigenvalue weighted by atomic mass is 10.4. The van der Waals surface area contributed by atoms with Crippen molar-refractivity contribution in [2.45, 2.75) is 17.2 Å². The second-order valence-corrected chi connectivity index (χ2v) is 9.05. The van der Waals surface area contributed by atoms with E-state index in [9.17, 15) is 16.8 Å². The standard InChI is InChI=1S/C9H12N2O4S3/c1-7(6-17(2,12)13)11-18(14,15)9-4-3-8(5-10)16-9/h3-4,7,11H,6H2,1-2H3. The molecule has 0 bridgehead atoms. The predicted molar refractivity (Wildman–Crippen MR) is 68.5 cm³/mol. The second-order valence-electron chi connectivity index (χ2n) is 3.85. The average Bonchev–Trinajstić information content (AvgIpc) is 2.61. The number of hydrogen-bond donors (Lipinski definition) is 1. The molecular weight excluding hydrogens is 296 g/mol. The molecule has 6 nitrogen and oxygen atoms in total. The van der Waals surface area contributed by atoms with E-state index >= 15 is 0 Å². The Morgan fingerprint density at radius 3 is 2.44 bits per heavy atom. The monoisotopic (exact) mass is 308 g/mol. The van der Waals surface area contributed by atoms with Crippen molar-refractivity contribution in [3.05, 3.63) is 17.0 Å². The number of nitrogens with one attached hydrogen (secondary N) is 1. The molecule has 1 aromatic rings. The Morgan fingerprint density at radius 2 is 2.00 bits per heavy atom. The summed E-state index contributed by atoms with van der Waals surface area (Å²) >= 11 is 0.839. The number of sulfone groups is 1. The Balaban J connectivity index is 2.86. The van der Waals surface area contributed by atoms with E-state index in [1.807, 2.05) is 6.07 Å². The smallest absolute Gasteiger partial charge is 0.229 e. The highest BCUT2D eigenvalue weighted by atomic mass is 32.2. The van der Waals surface area contributed by atoms with Gasteiger partial charge in [-0.1, -0.05) is 0 Å². The molecule has 0 fully saturated rings. The van der Waals surface area contributed by atoms with Gasteiger partial charge in [0.1, 0.15) is 25.0 Å². The highest BCUT2D eigenvalue weighted by Gasteiger charge is 2.21. The first-order valence-corrected chi connectivity index (χ1v) is 9.20. The average molecular weight is 308 g/mol. The maximum absolute atomic E-state index is 11.9. The van der Waals surface area contributed by atoms with Crippen LogP contribution in [0.15, 0.2) is 16.3 Å². The van der Waals surface area contributed by atoms with E-state index in [1.165, 1.54) is 19.1 Å². The van der Waals surface area contributed by atoms with E-state index in [0.29, 0.717) is 0 Å². The summed E-state index contributed by atoms with van der Waals surface area (Å²) in [5.74, 6) is -0.275. The van der Waals surface area contributed by atoms with Gasteiger partial charge in [-0.2, -0.15) is 5.26 Å². The summed E-state index contributed by atoms with van der Waals surface area (Å²) in [6.45, 7) is 1.47. The zero-order chi connectivity index (χ0) is 14.0. The van der Waals surface area contributed by atoms with Gasteiger partial charge in [0.25, 0.3) is 0 Å². The predicted octanol–water partition coefficient (Wildman–Crippen LogP) is 0.331. The molecule has 0 aliphatic heterocycles. The molecule has 0 aromatic carbocycles. The molecular formula is C9H12N2O4S3. The zero-order valence-corrected chi connectivity index (χ0v) is 12.2. The van der Waals surface area contributed by atoms with E-state index in [0.717, 1.165) is 17.6 Å². The summed E-state index contributed by atoms with van der Waals surface area (Å²) in [6.07, 6.45) is 1.04. The Kier molecular flexibility index (Phi) is 4.50. The van der Waals surface area contributed by atoms with Crippen molar-refractivity contribution < 1.29 is 16.8 Å². The maximum Gasteiger partial charge on any atom is 0.250 e. The minimum Gasteiger partial charge on any atom is -0.229 e. The van der Waals surface area contributed by atoms with E-state index in [2.05, 4.69) is 4.72 Å². The molecule has 1 atom stereocenters. The van der Waals surface area contributed by atoms with Crippen LogP contribution in [0, 0.1) is 11.3 Å². The van der Waals surface area contributed by atoms with Crippen LogP contribution in [0.25, 0.3) is 0 Å². The fourth-order valence-electron chi connectivity index (χ4n) is 1.34. The number of nitrogens with zero attached hydrogens (tertiary/aromatic N) is 1. The number of hydrogen-bond acceptors (Lipinski definition) is 6. The number of rotatable bonds is 5. The lowest BCUT2D eigenvalue weighted by molar-refractivity contribution is 0.566. The minimum atomic E-state index is -3.77. The molecule has 9 heteroatoms. The van der Waals surface area contributed by atoms with Gasteiger partial charge in [0.2, 0.25) is 10.0 Å². The van der Waals surface area contributed by atoms with Crippen LogP contribution in [0.4, 0.5) is 0 Å². The fraction of sp³-hybridized carbons (Fsp3) is 0.444. The number of sulfonamides is 1. The largest absolute Gasteiger partial charge is 0.250 e. The van der Waals surface area contributed by atoms with Gasteiger partial charge < -0.3 is 0 Å². The normalized spacial score (nSPS) is 14.1. The van der Waals surface area contributed by atoms with Gasteiger partial charge in [0.15, 0.2) is 0 Å². The molecule has 0 aliphatic rings. The first kappa shape index (κ1) is 15.1. The van der Waals surface area contributed by atoms with Crippen molar-refractivity contribution in [3.8, 4) is 6.07 Å². The molecule has 0 radical (unpaired) electrons.